The number of hydrogen-bond acceptors (Lipinski definition) is 5. The molecule has 0 radical (unpaired) electrons. The summed E-state index contributed by atoms with van der Waals surface area (Å²) in [5.74, 6) is 0.313. The number of carbonyl (C=O) groups excluding carboxylic acids is 2. The topological polar surface area (TPSA) is 65.1 Å². The molecule has 0 unspecified atom stereocenters. The van der Waals surface area contributed by atoms with Gasteiger partial charge in [0.25, 0.3) is 0 Å². The van der Waals surface area contributed by atoms with Gasteiger partial charge in [0.2, 0.25) is 0 Å². The molecule has 0 aromatic heterocycles. The van der Waals surface area contributed by atoms with Gasteiger partial charge in [0, 0.05) is 6.54 Å². The Kier molecular flexibility index (Phi) is 14.6. The van der Waals surface area contributed by atoms with Crippen LogP contribution in [0.15, 0.2) is 0 Å². The van der Waals surface area contributed by atoms with E-state index >= 15 is 0 Å². The molecule has 0 aliphatic rings. The second-order valence-electron chi connectivity index (χ2n) is 12.5. The molecule has 0 fully saturated rings. The van der Waals surface area contributed by atoms with Crippen molar-refractivity contribution < 1.29 is 23.5 Å². The molecule has 0 heterocycles. The van der Waals surface area contributed by atoms with Gasteiger partial charge in [0.1, 0.15) is 0 Å². The average Bonchev–Trinajstić information content (AvgIpc) is 2.69. The summed E-state index contributed by atoms with van der Waals surface area (Å²) in [6.07, 6.45) is 4.95. The van der Waals surface area contributed by atoms with Crippen LogP contribution in [0.4, 0.5) is 4.79 Å². The van der Waals surface area contributed by atoms with Gasteiger partial charge in [-0.15, -0.1) is 0 Å². The largest absolute Gasteiger partial charge is 0.465 e. The second kappa shape index (κ2) is 15.1. The van der Waals surface area contributed by atoms with Crippen molar-refractivity contribution >= 4 is 20.4 Å². The van der Waals surface area contributed by atoms with Crippen LogP contribution in [0.1, 0.15) is 101 Å². The Labute approximate surface area is 211 Å². The van der Waals surface area contributed by atoms with E-state index in [1.807, 2.05) is 25.7 Å². The van der Waals surface area contributed by atoms with Crippen LogP contribution in [-0.2, 0) is 18.7 Å². The first-order chi connectivity index (χ1) is 15.5. The van der Waals surface area contributed by atoms with Crippen LogP contribution in [-0.4, -0.2) is 57.7 Å². The number of hydrogen-bond donors (Lipinski definition) is 0. The Balaban J connectivity index is 5.35. The Morgan fingerprint density at radius 1 is 0.882 bits per heavy atom. The highest BCUT2D eigenvalue weighted by atomic mass is 28.4. The molecular weight excluding hydrogens is 446 g/mol. The Morgan fingerprint density at radius 3 is 1.97 bits per heavy atom. The van der Waals surface area contributed by atoms with Gasteiger partial charge in [-0.1, -0.05) is 48.0 Å². The predicted molar refractivity (Wildman–Crippen MR) is 144 cm³/mol. The molecule has 0 bridgehead atoms. The van der Waals surface area contributed by atoms with Gasteiger partial charge < -0.3 is 18.8 Å². The minimum atomic E-state index is -1.96. The Bertz CT molecular complexity index is 593. The summed E-state index contributed by atoms with van der Waals surface area (Å²) in [6, 6.07) is -0.0553. The van der Waals surface area contributed by atoms with Gasteiger partial charge in [-0.3, -0.25) is 4.79 Å². The van der Waals surface area contributed by atoms with E-state index in [1.165, 1.54) is 0 Å². The summed E-state index contributed by atoms with van der Waals surface area (Å²) in [6.45, 7) is 25.2. The lowest BCUT2D eigenvalue weighted by atomic mass is 9.97. The van der Waals surface area contributed by atoms with Crippen molar-refractivity contribution in [3.8, 4) is 0 Å². The minimum absolute atomic E-state index is 0.0553. The normalized spacial score (nSPS) is 13.6. The summed E-state index contributed by atoms with van der Waals surface area (Å²) in [4.78, 5) is 27.0. The number of carbonyl (C=O) groups is 2. The highest BCUT2D eigenvalue weighted by Gasteiger charge is 2.38. The van der Waals surface area contributed by atoms with E-state index < -0.39 is 13.7 Å². The van der Waals surface area contributed by atoms with Crippen LogP contribution in [0, 0.1) is 11.3 Å². The van der Waals surface area contributed by atoms with Gasteiger partial charge in [-0.2, -0.15) is 0 Å². The van der Waals surface area contributed by atoms with E-state index in [4.69, 9.17) is 13.9 Å². The lowest BCUT2D eigenvalue weighted by Crippen LogP contribution is -2.48. The van der Waals surface area contributed by atoms with Crippen LogP contribution >= 0.6 is 0 Å². The maximum Gasteiger partial charge on any atom is 0.410 e. The van der Waals surface area contributed by atoms with Gasteiger partial charge in [0.05, 0.1) is 31.3 Å². The smallest absolute Gasteiger partial charge is 0.410 e. The third-order valence-electron chi connectivity index (χ3n) is 6.57. The number of esters is 1. The average molecular weight is 502 g/mol. The molecule has 0 aliphatic heterocycles. The first-order valence-electron chi connectivity index (χ1n) is 13.3. The standard InChI is InChI=1S/C27H55NO5Si/c1-12-13-19-32-25(30)28(18-17-22(2)3)23(21-33-34(10,11)27(7,8)9)16-14-15-20-31-24(29)26(4,5)6/h22-23H,12-21H2,1-11H3/t23-/m0/s1. The van der Waals surface area contributed by atoms with Gasteiger partial charge in [0.15, 0.2) is 8.32 Å². The number of amides is 1. The fourth-order valence-corrected chi connectivity index (χ4v) is 3.96. The molecule has 0 spiro atoms. The third-order valence-corrected chi connectivity index (χ3v) is 11.1. The quantitative estimate of drug-likeness (QED) is 0.133. The molecule has 0 rings (SSSR count). The maximum absolute atomic E-state index is 13.1. The minimum Gasteiger partial charge on any atom is -0.465 e. The molecule has 0 N–H and O–H groups in total. The first-order valence-corrected chi connectivity index (χ1v) is 16.2. The molecule has 0 aromatic carbocycles. The van der Waals surface area contributed by atoms with Crippen LogP contribution in [0.5, 0.6) is 0 Å². The maximum atomic E-state index is 13.1. The SMILES string of the molecule is CCCCOC(=O)N(CCC(C)C)[C@@H](CCCCOC(=O)C(C)(C)C)CO[Si](C)(C)C(C)(C)C. The van der Waals surface area contributed by atoms with Crippen LogP contribution in [0.25, 0.3) is 0 Å². The lowest BCUT2D eigenvalue weighted by Gasteiger charge is -2.39. The van der Waals surface area contributed by atoms with Gasteiger partial charge >= 0.3 is 12.1 Å². The highest BCUT2D eigenvalue weighted by Crippen LogP contribution is 2.37. The molecule has 0 aromatic rings. The second-order valence-corrected chi connectivity index (χ2v) is 17.3. The fourth-order valence-electron chi connectivity index (χ4n) is 2.92. The van der Waals surface area contributed by atoms with Crippen molar-refractivity contribution in [1.29, 1.82) is 0 Å². The molecule has 0 saturated carbocycles. The zero-order valence-electron chi connectivity index (χ0n) is 24.2. The van der Waals surface area contributed by atoms with Crippen molar-refractivity contribution in [2.24, 2.45) is 11.3 Å². The summed E-state index contributed by atoms with van der Waals surface area (Å²) in [5, 5.41) is 0.100. The summed E-state index contributed by atoms with van der Waals surface area (Å²) in [5.41, 5.74) is -0.491. The lowest BCUT2D eigenvalue weighted by molar-refractivity contribution is -0.153. The van der Waals surface area contributed by atoms with Crippen molar-refractivity contribution in [3.05, 3.63) is 0 Å². The van der Waals surface area contributed by atoms with E-state index in [0.717, 1.165) is 38.5 Å². The van der Waals surface area contributed by atoms with Crippen molar-refractivity contribution in [3.63, 3.8) is 0 Å². The summed E-state index contributed by atoms with van der Waals surface area (Å²) < 4.78 is 17.6. The zero-order chi connectivity index (χ0) is 26.6. The van der Waals surface area contributed by atoms with Crippen molar-refractivity contribution in [2.45, 2.75) is 125 Å². The van der Waals surface area contributed by atoms with Gasteiger partial charge in [-0.05, 0) is 76.9 Å². The zero-order valence-corrected chi connectivity index (χ0v) is 25.2. The third kappa shape index (κ3) is 13.1. The molecule has 0 aliphatic carbocycles. The molecule has 6 nitrogen and oxygen atoms in total. The molecule has 0 saturated heterocycles. The summed E-state index contributed by atoms with van der Waals surface area (Å²) in [7, 11) is -1.96. The number of nitrogens with zero attached hydrogens (tertiary/aromatic N) is 1. The van der Waals surface area contributed by atoms with E-state index in [1.54, 1.807) is 0 Å². The van der Waals surface area contributed by atoms with E-state index in [-0.39, 0.29) is 23.1 Å². The molecule has 34 heavy (non-hydrogen) atoms. The predicted octanol–water partition coefficient (Wildman–Crippen LogP) is 7.42. The van der Waals surface area contributed by atoms with Crippen LogP contribution < -0.4 is 0 Å². The number of rotatable bonds is 15. The Morgan fingerprint density at radius 2 is 1.47 bits per heavy atom. The summed E-state index contributed by atoms with van der Waals surface area (Å²) >= 11 is 0. The van der Waals surface area contributed by atoms with Crippen LogP contribution in [0.2, 0.25) is 18.1 Å². The van der Waals surface area contributed by atoms with Crippen molar-refractivity contribution in [1.82, 2.24) is 4.90 Å². The van der Waals surface area contributed by atoms with E-state index in [0.29, 0.717) is 32.3 Å². The Hall–Kier alpha value is -1.08. The molecule has 1 amide bonds. The van der Waals surface area contributed by atoms with Crippen molar-refractivity contribution in [2.75, 3.05) is 26.4 Å². The van der Waals surface area contributed by atoms with Gasteiger partial charge in [-0.25, -0.2) is 4.79 Å². The monoisotopic (exact) mass is 501 g/mol. The molecule has 7 heteroatoms. The molecule has 1 atom stereocenters. The number of ether oxygens (including phenoxy) is 2. The fraction of sp³-hybridized carbons (Fsp3) is 0.926. The first kappa shape index (κ1) is 32.9. The molecule has 202 valence electrons. The van der Waals surface area contributed by atoms with Crippen LogP contribution in [0.3, 0.4) is 0 Å². The number of unbranched alkanes of at least 4 members (excludes halogenated alkanes) is 2. The highest BCUT2D eigenvalue weighted by molar-refractivity contribution is 6.74. The molecular formula is C27H55NO5Si. The van der Waals surface area contributed by atoms with E-state index in [9.17, 15) is 9.59 Å². The van der Waals surface area contributed by atoms with E-state index in [2.05, 4.69) is 54.6 Å².